The molecule has 0 spiro atoms. The van der Waals surface area contributed by atoms with Crippen LogP contribution < -0.4 is 16.4 Å². The molecule has 3 atom stereocenters. The number of carbonyl (C=O) groups excluding carboxylic acids is 1. The highest BCUT2D eigenvalue weighted by molar-refractivity contribution is 7.90. The maximum atomic E-state index is 11.8. The number of nitrogens with two attached hydrogens (primary N) is 1. The first-order valence-electron chi connectivity index (χ1n) is 9.32. The number of aliphatic hydroxyl groups is 1. The van der Waals surface area contributed by atoms with Crippen molar-refractivity contribution < 1.29 is 18.3 Å². The summed E-state index contributed by atoms with van der Waals surface area (Å²) in [4.78, 5) is 20.4. The van der Waals surface area contributed by atoms with Gasteiger partial charge in [0.15, 0.2) is 9.84 Å². The first-order valence-corrected chi connectivity index (χ1v) is 11.2. The van der Waals surface area contributed by atoms with Crippen molar-refractivity contribution in [1.82, 2.24) is 9.97 Å². The van der Waals surface area contributed by atoms with E-state index in [9.17, 15) is 18.3 Å². The van der Waals surface area contributed by atoms with E-state index in [1.54, 1.807) is 12.1 Å². The number of carbonyl (C=O) groups is 1. The normalized spacial score (nSPS) is 22.1. The fraction of sp³-hybridized carbons (Fsp3) is 0.421. The average molecular weight is 420 g/mol. The van der Waals surface area contributed by atoms with E-state index in [4.69, 9.17) is 5.73 Å². The topological polar surface area (TPSA) is 147 Å². The van der Waals surface area contributed by atoms with Crippen LogP contribution in [0.1, 0.15) is 36.5 Å². The highest BCUT2D eigenvalue weighted by Gasteiger charge is 2.27. The van der Waals surface area contributed by atoms with Gasteiger partial charge in [0.1, 0.15) is 5.82 Å². The second-order valence-electron chi connectivity index (χ2n) is 7.44. The van der Waals surface area contributed by atoms with Crippen LogP contribution in [0.15, 0.2) is 35.4 Å². The Morgan fingerprint density at radius 3 is 2.52 bits per heavy atom. The third-order valence-corrected chi connectivity index (χ3v) is 6.22. The van der Waals surface area contributed by atoms with Crippen molar-refractivity contribution in [3.63, 3.8) is 0 Å². The number of aliphatic hydroxyl groups excluding tert-OH is 1. The Kier molecular flexibility index (Phi) is 6.04. The number of sulfone groups is 1. The second kappa shape index (κ2) is 8.34. The molecule has 5 N–H and O–H groups in total. The van der Waals surface area contributed by atoms with Crippen LogP contribution in [0, 0.1) is 5.92 Å². The molecule has 0 bridgehead atoms. The van der Waals surface area contributed by atoms with Crippen LogP contribution >= 0.6 is 0 Å². The molecule has 156 valence electrons. The van der Waals surface area contributed by atoms with Crippen molar-refractivity contribution in [2.24, 2.45) is 11.7 Å². The van der Waals surface area contributed by atoms with Gasteiger partial charge in [0.2, 0.25) is 5.95 Å². The van der Waals surface area contributed by atoms with Gasteiger partial charge in [-0.3, -0.25) is 4.79 Å². The van der Waals surface area contributed by atoms with Crippen molar-refractivity contribution in [3.8, 4) is 0 Å². The first-order chi connectivity index (χ1) is 13.6. The molecule has 10 heteroatoms. The standard InChI is InChI=1S/C19H25N5O4S/c1-11-3-4-13(9-16(11)25)22-18-15(17(20)26)10-21-19(24-18)23-12-5-7-14(8-6-12)29(2,27)28/h5-8,10-11,13,16,25H,3-4,9H2,1-2H3,(H2,20,26)(H2,21,22,23,24)/t11-,13-,16-/m1/s1. The van der Waals surface area contributed by atoms with Crippen LogP contribution in [-0.2, 0) is 9.84 Å². The van der Waals surface area contributed by atoms with Crippen molar-refractivity contribution in [2.45, 2.75) is 43.2 Å². The number of nitrogens with one attached hydrogen (secondary N) is 2. The Morgan fingerprint density at radius 2 is 1.93 bits per heavy atom. The van der Waals surface area contributed by atoms with Gasteiger partial charge in [0.05, 0.1) is 16.6 Å². The molecule has 1 amide bonds. The van der Waals surface area contributed by atoms with Gasteiger partial charge in [-0.05, 0) is 49.4 Å². The summed E-state index contributed by atoms with van der Waals surface area (Å²) in [5, 5.41) is 16.3. The lowest BCUT2D eigenvalue weighted by atomic mass is 9.85. The number of rotatable bonds is 6. The van der Waals surface area contributed by atoms with Gasteiger partial charge in [-0.25, -0.2) is 13.4 Å². The highest BCUT2D eigenvalue weighted by atomic mass is 32.2. The molecule has 29 heavy (non-hydrogen) atoms. The van der Waals surface area contributed by atoms with Crippen LogP contribution in [0.2, 0.25) is 0 Å². The zero-order valence-corrected chi connectivity index (χ0v) is 17.1. The Hall–Kier alpha value is -2.72. The number of primary amides is 1. The van der Waals surface area contributed by atoms with Gasteiger partial charge >= 0.3 is 0 Å². The highest BCUT2D eigenvalue weighted by Crippen LogP contribution is 2.27. The smallest absolute Gasteiger partial charge is 0.254 e. The number of anilines is 3. The maximum Gasteiger partial charge on any atom is 0.254 e. The third-order valence-electron chi connectivity index (χ3n) is 5.09. The zero-order chi connectivity index (χ0) is 21.2. The summed E-state index contributed by atoms with van der Waals surface area (Å²) < 4.78 is 23.1. The molecule has 0 aliphatic heterocycles. The van der Waals surface area contributed by atoms with Crippen molar-refractivity contribution in [2.75, 3.05) is 16.9 Å². The lowest BCUT2D eigenvalue weighted by Gasteiger charge is -2.32. The molecule has 3 rings (SSSR count). The minimum absolute atomic E-state index is 0.0314. The number of hydrogen-bond acceptors (Lipinski definition) is 8. The molecular formula is C19H25N5O4S. The van der Waals surface area contributed by atoms with Crippen LogP contribution in [0.4, 0.5) is 17.5 Å². The fourth-order valence-electron chi connectivity index (χ4n) is 3.27. The van der Waals surface area contributed by atoms with E-state index in [2.05, 4.69) is 20.6 Å². The molecule has 0 radical (unpaired) electrons. The second-order valence-corrected chi connectivity index (χ2v) is 9.46. The maximum absolute atomic E-state index is 11.8. The summed E-state index contributed by atoms with van der Waals surface area (Å²) in [5.41, 5.74) is 6.20. The van der Waals surface area contributed by atoms with Crippen LogP contribution in [0.25, 0.3) is 0 Å². The summed E-state index contributed by atoms with van der Waals surface area (Å²) in [7, 11) is -3.28. The summed E-state index contributed by atoms with van der Waals surface area (Å²) in [6.07, 6.45) is 4.34. The summed E-state index contributed by atoms with van der Waals surface area (Å²) >= 11 is 0. The molecule has 1 aliphatic carbocycles. The van der Waals surface area contributed by atoms with E-state index in [1.165, 1.54) is 18.3 Å². The Bertz CT molecular complexity index is 994. The summed E-state index contributed by atoms with van der Waals surface area (Å²) in [6.45, 7) is 2.01. The molecular weight excluding hydrogens is 394 g/mol. The number of aromatic nitrogens is 2. The van der Waals surface area contributed by atoms with Gasteiger partial charge in [-0.15, -0.1) is 0 Å². The van der Waals surface area contributed by atoms with Crippen molar-refractivity contribution >= 4 is 33.2 Å². The van der Waals surface area contributed by atoms with Gasteiger partial charge in [-0.1, -0.05) is 6.92 Å². The molecule has 1 aliphatic rings. The molecule has 0 saturated heterocycles. The van der Waals surface area contributed by atoms with Crippen LogP contribution in [-0.4, -0.2) is 47.8 Å². The monoisotopic (exact) mass is 419 g/mol. The van der Waals surface area contributed by atoms with Crippen molar-refractivity contribution in [3.05, 3.63) is 36.0 Å². The molecule has 1 heterocycles. The van der Waals surface area contributed by atoms with Crippen LogP contribution in [0.3, 0.4) is 0 Å². The van der Waals surface area contributed by atoms with E-state index in [0.717, 1.165) is 19.1 Å². The average Bonchev–Trinajstić information content (AvgIpc) is 2.64. The molecule has 2 aromatic rings. The first kappa shape index (κ1) is 21.0. The third kappa shape index (κ3) is 5.21. The number of hydrogen-bond donors (Lipinski definition) is 4. The number of nitrogens with zero attached hydrogens (tertiary/aromatic N) is 2. The predicted molar refractivity (Wildman–Crippen MR) is 110 cm³/mol. The quantitative estimate of drug-likeness (QED) is 0.553. The molecule has 9 nitrogen and oxygen atoms in total. The van der Waals surface area contributed by atoms with E-state index in [0.29, 0.717) is 17.9 Å². The van der Waals surface area contributed by atoms with E-state index in [1.807, 2.05) is 6.92 Å². The van der Waals surface area contributed by atoms with E-state index < -0.39 is 21.8 Å². The molecule has 0 unspecified atom stereocenters. The molecule has 1 fully saturated rings. The van der Waals surface area contributed by atoms with E-state index >= 15 is 0 Å². The summed E-state index contributed by atoms with van der Waals surface area (Å²) in [5.74, 6) is 0.117. The minimum atomic E-state index is -3.28. The van der Waals surface area contributed by atoms with Gasteiger partial charge < -0.3 is 21.5 Å². The zero-order valence-electron chi connectivity index (χ0n) is 16.3. The number of benzene rings is 1. The van der Waals surface area contributed by atoms with Gasteiger partial charge in [-0.2, -0.15) is 4.98 Å². The Balaban J connectivity index is 1.80. The largest absolute Gasteiger partial charge is 0.393 e. The predicted octanol–water partition coefficient (Wildman–Crippen LogP) is 1.68. The Morgan fingerprint density at radius 1 is 1.24 bits per heavy atom. The minimum Gasteiger partial charge on any atom is -0.393 e. The molecule has 1 saturated carbocycles. The SMILES string of the molecule is C[C@@H]1CC[C@@H](Nc2nc(Nc3ccc(S(C)(=O)=O)cc3)ncc2C(N)=O)C[C@H]1O. The lowest BCUT2D eigenvalue weighted by molar-refractivity contribution is 0.0739. The van der Waals surface area contributed by atoms with Crippen molar-refractivity contribution in [1.29, 1.82) is 0 Å². The van der Waals surface area contributed by atoms with Gasteiger partial charge in [0.25, 0.3) is 5.91 Å². The van der Waals surface area contributed by atoms with Gasteiger partial charge in [0, 0.05) is 24.2 Å². The fourth-order valence-corrected chi connectivity index (χ4v) is 3.90. The lowest BCUT2D eigenvalue weighted by Crippen LogP contribution is -2.35. The Labute approximate surface area is 169 Å². The number of amides is 1. The molecule has 1 aromatic carbocycles. The summed E-state index contributed by atoms with van der Waals surface area (Å²) in [6, 6.07) is 6.15. The van der Waals surface area contributed by atoms with Crippen LogP contribution in [0.5, 0.6) is 0 Å². The molecule has 1 aromatic heterocycles. The van der Waals surface area contributed by atoms with E-state index in [-0.39, 0.29) is 28.4 Å².